The normalized spacial score (nSPS) is 13.0. The second-order valence-corrected chi connectivity index (χ2v) is 5.68. The number of carbonyl (C=O) groups excluding carboxylic acids is 1. The average Bonchev–Trinajstić information content (AvgIpc) is 2.65. The van der Waals surface area contributed by atoms with E-state index >= 15 is 0 Å². The van der Waals surface area contributed by atoms with Crippen molar-refractivity contribution in [3.8, 4) is 23.7 Å². The summed E-state index contributed by atoms with van der Waals surface area (Å²) in [6, 6.07) is 17.7. The molecule has 0 unspecified atom stereocenters. The van der Waals surface area contributed by atoms with Crippen molar-refractivity contribution in [1.29, 1.82) is 0 Å². The zero-order chi connectivity index (χ0) is 17.3. The quantitative estimate of drug-likeness (QED) is 0.777. The van der Waals surface area contributed by atoms with E-state index in [1.165, 1.54) is 0 Å². The molecule has 0 fully saturated rings. The smallest absolute Gasteiger partial charge is 0.159 e. The number of rotatable bonds is 2. The van der Waals surface area contributed by atoms with Gasteiger partial charge in [0.15, 0.2) is 5.78 Å². The molecule has 2 aromatic carbocycles. The third kappa shape index (κ3) is 5.13. The number of ether oxygens (including phenoxy) is 1. The summed E-state index contributed by atoms with van der Waals surface area (Å²) in [6.45, 7) is 0.277. The minimum absolute atomic E-state index is 0.135. The van der Waals surface area contributed by atoms with Gasteiger partial charge in [-0.05, 0) is 30.7 Å². The molecule has 0 aromatic heterocycles. The van der Waals surface area contributed by atoms with Crippen LogP contribution in [0.5, 0.6) is 0 Å². The van der Waals surface area contributed by atoms with Gasteiger partial charge in [-0.2, -0.15) is 0 Å². The van der Waals surface area contributed by atoms with Gasteiger partial charge in [0.05, 0.1) is 0 Å². The second kappa shape index (κ2) is 8.57. The van der Waals surface area contributed by atoms with Crippen LogP contribution in [-0.4, -0.2) is 12.4 Å². The Balaban J connectivity index is 1.68. The minimum Gasteiger partial charge on any atom is -0.485 e. The molecule has 25 heavy (non-hydrogen) atoms. The van der Waals surface area contributed by atoms with Crippen LogP contribution in [0.4, 0.5) is 0 Å². The molecule has 0 N–H and O–H groups in total. The highest BCUT2D eigenvalue weighted by Gasteiger charge is 2.09. The fourth-order valence-electron chi connectivity index (χ4n) is 2.50. The highest BCUT2D eigenvalue weighted by molar-refractivity contribution is 5.90. The maximum atomic E-state index is 11.4. The van der Waals surface area contributed by atoms with Gasteiger partial charge >= 0.3 is 0 Å². The highest BCUT2D eigenvalue weighted by atomic mass is 16.5. The second-order valence-electron chi connectivity index (χ2n) is 5.68. The zero-order valence-electron chi connectivity index (χ0n) is 13.9. The Kier molecular flexibility index (Phi) is 5.70. The van der Waals surface area contributed by atoms with E-state index in [4.69, 9.17) is 4.74 Å². The number of allylic oxidation sites excluding steroid dienone is 2. The Hall–Kier alpha value is -3.23. The van der Waals surface area contributed by atoms with E-state index in [1.807, 2.05) is 54.6 Å². The molecule has 2 nitrogen and oxygen atoms in total. The Morgan fingerprint density at radius 3 is 2.32 bits per heavy atom. The van der Waals surface area contributed by atoms with Crippen molar-refractivity contribution in [3.05, 3.63) is 83.1 Å². The number of hydrogen-bond donors (Lipinski definition) is 0. The molecule has 0 heterocycles. The predicted molar refractivity (Wildman–Crippen MR) is 98.6 cm³/mol. The van der Waals surface area contributed by atoms with Gasteiger partial charge in [0.1, 0.15) is 12.4 Å². The molecule has 0 amide bonds. The van der Waals surface area contributed by atoms with E-state index in [0.717, 1.165) is 35.3 Å². The third-order valence-corrected chi connectivity index (χ3v) is 3.76. The van der Waals surface area contributed by atoms with Crippen LogP contribution in [0.25, 0.3) is 0 Å². The van der Waals surface area contributed by atoms with Crippen molar-refractivity contribution < 1.29 is 9.53 Å². The van der Waals surface area contributed by atoms with Gasteiger partial charge in [0.2, 0.25) is 0 Å². The largest absolute Gasteiger partial charge is 0.485 e. The van der Waals surface area contributed by atoms with E-state index in [-0.39, 0.29) is 12.4 Å². The molecule has 1 aliphatic rings. The zero-order valence-corrected chi connectivity index (χ0v) is 13.9. The number of ketones is 1. The summed E-state index contributed by atoms with van der Waals surface area (Å²) in [7, 11) is 0. The van der Waals surface area contributed by atoms with Gasteiger partial charge in [-0.1, -0.05) is 54.0 Å². The molecule has 0 radical (unpaired) electrons. The summed E-state index contributed by atoms with van der Waals surface area (Å²) in [5.74, 6) is 13.3. The molecule has 0 saturated heterocycles. The monoisotopic (exact) mass is 326 g/mol. The van der Waals surface area contributed by atoms with Crippen LogP contribution in [-0.2, 0) is 9.53 Å². The Morgan fingerprint density at radius 2 is 1.56 bits per heavy atom. The number of hydrogen-bond acceptors (Lipinski definition) is 2. The predicted octanol–water partition coefficient (Wildman–Crippen LogP) is 4.09. The van der Waals surface area contributed by atoms with Gasteiger partial charge in [0.25, 0.3) is 0 Å². The van der Waals surface area contributed by atoms with Gasteiger partial charge < -0.3 is 4.74 Å². The van der Waals surface area contributed by atoms with Crippen LogP contribution in [0, 0.1) is 23.7 Å². The molecule has 0 atom stereocenters. The molecular formula is C23H18O2. The van der Waals surface area contributed by atoms with E-state index < -0.39 is 0 Å². The van der Waals surface area contributed by atoms with E-state index in [2.05, 4.69) is 23.7 Å². The molecular weight excluding hydrogens is 308 g/mol. The third-order valence-electron chi connectivity index (χ3n) is 3.76. The van der Waals surface area contributed by atoms with Gasteiger partial charge in [-0.25, -0.2) is 0 Å². The van der Waals surface area contributed by atoms with Crippen LogP contribution < -0.4 is 0 Å². The summed E-state index contributed by atoms with van der Waals surface area (Å²) in [5, 5.41) is 0. The topological polar surface area (TPSA) is 26.3 Å². The van der Waals surface area contributed by atoms with Crippen LogP contribution in [0.3, 0.4) is 0 Å². The Morgan fingerprint density at radius 1 is 0.840 bits per heavy atom. The molecule has 3 rings (SSSR count). The Bertz CT molecular complexity index is 900. The number of carbonyl (C=O) groups is 1. The lowest BCUT2D eigenvalue weighted by Gasteiger charge is -2.11. The lowest BCUT2D eigenvalue weighted by molar-refractivity contribution is -0.115. The van der Waals surface area contributed by atoms with Crippen LogP contribution >= 0.6 is 0 Å². The van der Waals surface area contributed by atoms with Gasteiger partial charge in [-0.3, -0.25) is 4.79 Å². The first-order valence-corrected chi connectivity index (χ1v) is 8.32. The molecule has 0 saturated carbocycles. The molecule has 1 aliphatic carbocycles. The van der Waals surface area contributed by atoms with Crippen molar-refractivity contribution in [1.82, 2.24) is 0 Å². The van der Waals surface area contributed by atoms with Crippen molar-refractivity contribution >= 4 is 5.78 Å². The van der Waals surface area contributed by atoms with Crippen molar-refractivity contribution in [2.24, 2.45) is 0 Å². The van der Waals surface area contributed by atoms with Crippen LogP contribution in [0.1, 0.15) is 36.0 Å². The summed E-state index contributed by atoms with van der Waals surface area (Å²) >= 11 is 0. The van der Waals surface area contributed by atoms with Crippen molar-refractivity contribution in [2.75, 3.05) is 6.61 Å². The van der Waals surface area contributed by atoms with E-state index in [0.29, 0.717) is 6.42 Å². The van der Waals surface area contributed by atoms with E-state index in [1.54, 1.807) is 6.08 Å². The first-order valence-electron chi connectivity index (χ1n) is 8.32. The fourth-order valence-corrected chi connectivity index (χ4v) is 2.50. The van der Waals surface area contributed by atoms with E-state index in [9.17, 15) is 4.79 Å². The maximum absolute atomic E-state index is 11.4. The average molecular weight is 326 g/mol. The summed E-state index contributed by atoms with van der Waals surface area (Å²) in [5.41, 5.74) is 2.75. The number of benzene rings is 2. The SMILES string of the molecule is O=C1C=C(OCC#Cc2ccccc2C#Cc2ccccc2)CCC1. The van der Waals surface area contributed by atoms with Crippen molar-refractivity contribution in [3.63, 3.8) is 0 Å². The lowest BCUT2D eigenvalue weighted by Crippen LogP contribution is -2.05. The standard InChI is InChI=1S/C23H18O2/c24-22-13-6-14-23(18-22)25-17-7-12-20-10-4-5-11-21(20)16-15-19-8-2-1-3-9-19/h1-5,8-11,18H,6,13-14,17H2. The molecule has 0 spiro atoms. The lowest BCUT2D eigenvalue weighted by atomic mass is 10.1. The molecule has 0 bridgehead atoms. The summed E-state index contributed by atoms with van der Waals surface area (Å²) in [4.78, 5) is 11.4. The highest BCUT2D eigenvalue weighted by Crippen LogP contribution is 2.15. The van der Waals surface area contributed by atoms with Gasteiger partial charge in [-0.15, -0.1) is 0 Å². The molecule has 122 valence electrons. The molecule has 0 aliphatic heterocycles. The van der Waals surface area contributed by atoms with Crippen LogP contribution in [0.2, 0.25) is 0 Å². The molecule has 2 aromatic rings. The molecule has 2 heteroatoms. The van der Waals surface area contributed by atoms with Crippen LogP contribution in [0.15, 0.2) is 66.4 Å². The maximum Gasteiger partial charge on any atom is 0.159 e. The minimum atomic E-state index is 0.135. The summed E-state index contributed by atoms with van der Waals surface area (Å²) in [6.07, 6.45) is 3.87. The van der Waals surface area contributed by atoms with Gasteiger partial charge in [0, 0.05) is 35.6 Å². The first-order chi connectivity index (χ1) is 12.3. The first kappa shape index (κ1) is 16.6. The fraction of sp³-hybridized carbons (Fsp3) is 0.174. The summed E-state index contributed by atoms with van der Waals surface area (Å²) < 4.78 is 5.57. The van der Waals surface area contributed by atoms with Crippen molar-refractivity contribution in [2.45, 2.75) is 19.3 Å². The Labute approximate surface area is 148 Å².